The van der Waals surface area contributed by atoms with Gasteiger partial charge >= 0.3 is 18.3 Å². The lowest BCUT2D eigenvalue weighted by Gasteiger charge is -2.38. The van der Waals surface area contributed by atoms with Gasteiger partial charge in [0.2, 0.25) is 0 Å². The van der Waals surface area contributed by atoms with Gasteiger partial charge in [-0.05, 0) is 140 Å². The Hall–Kier alpha value is -4.91. The topological polar surface area (TPSA) is 212 Å². The van der Waals surface area contributed by atoms with E-state index in [1.807, 2.05) is 123 Å². The number of morpholine rings is 1. The molecule has 10 heterocycles. The molecule has 0 bridgehead atoms. The van der Waals surface area contributed by atoms with Crippen LogP contribution in [0, 0.1) is 0 Å². The second kappa shape index (κ2) is 47.5. The summed E-state index contributed by atoms with van der Waals surface area (Å²) in [6.45, 7) is 44.3. The number of likely N-dealkylation sites (tertiary alicyclic amines) is 3. The summed E-state index contributed by atoms with van der Waals surface area (Å²) >= 11 is 23.6. The maximum Gasteiger partial charge on any atom is 0.410 e. The van der Waals surface area contributed by atoms with Gasteiger partial charge in [0.15, 0.2) is 0 Å². The zero-order valence-electron chi connectivity index (χ0n) is 65.4. The van der Waals surface area contributed by atoms with E-state index in [1.165, 1.54) is 22.3 Å². The minimum atomic E-state index is -0.527. The Morgan fingerprint density at radius 1 is 0.393 bits per heavy atom. The maximum absolute atomic E-state index is 12.3. The van der Waals surface area contributed by atoms with Crippen LogP contribution < -0.4 is 10.6 Å². The molecule has 28 heteroatoms. The molecule has 0 saturated carbocycles. The van der Waals surface area contributed by atoms with Crippen molar-refractivity contribution in [3.63, 3.8) is 0 Å². The molecule has 3 amide bonds. The number of ether oxygens (including phenoxy) is 4. The van der Waals surface area contributed by atoms with E-state index in [0.29, 0.717) is 51.4 Å². The quantitative estimate of drug-likeness (QED) is 0.0409. The highest BCUT2D eigenvalue weighted by atomic mass is 35.5. The summed E-state index contributed by atoms with van der Waals surface area (Å²) < 4.78 is 21.0. The van der Waals surface area contributed by atoms with Crippen LogP contribution in [0.2, 0.25) is 20.1 Å². The molecule has 8 atom stereocenters. The minimum absolute atomic E-state index is 0. The van der Waals surface area contributed by atoms with E-state index in [4.69, 9.17) is 65.4 Å². The number of hydrogen-bond acceptors (Lipinski definition) is 20. The van der Waals surface area contributed by atoms with E-state index in [2.05, 4.69) is 105 Å². The molecule has 5 unspecified atom stereocenters. The fourth-order valence-electron chi connectivity index (χ4n) is 14.4. The second-order valence-corrected chi connectivity index (χ2v) is 34.3. The number of piperazine rings is 4. The van der Waals surface area contributed by atoms with Gasteiger partial charge in [0.25, 0.3) is 0 Å². The average molecular weight is 1640 g/mol. The molecule has 10 aliphatic rings. The summed E-state index contributed by atoms with van der Waals surface area (Å²) in [6, 6.07) is 32.9. The number of nitrogens with zero attached hydrogens (tertiary/aromatic N) is 11. The summed E-state index contributed by atoms with van der Waals surface area (Å²) in [5.41, 5.74) is 3.91. The number of β-amino-alcohol motifs (C(OH)–C–C–N with tert-alkyl or cyclic N) is 3. The van der Waals surface area contributed by atoms with E-state index in [1.54, 1.807) is 14.7 Å². The molecular formula is C84H137BCl4N13O10. The third-order valence-corrected chi connectivity index (χ3v) is 21.2. The highest BCUT2D eigenvalue weighted by Crippen LogP contribution is 2.32. The smallest absolute Gasteiger partial charge is 0.410 e. The Balaban J connectivity index is 0.000000287. The van der Waals surface area contributed by atoms with Crippen LogP contribution in [0.15, 0.2) is 109 Å². The summed E-state index contributed by atoms with van der Waals surface area (Å²) in [7, 11) is 2.08. The van der Waals surface area contributed by atoms with Crippen molar-refractivity contribution < 1.29 is 48.7 Å². The first-order chi connectivity index (χ1) is 50.8. The van der Waals surface area contributed by atoms with Gasteiger partial charge in [0.05, 0.1) is 44.0 Å². The molecule has 0 spiro atoms. The number of hydrogen-bond donors (Lipinski definition) is 5. The molecule has 629 valence electrons. The number of fused-ring (bicyclic) bond motifs is 1. The van der Waals surface area contributed by atoms with Gasteiger partial charge < -0.3 is 64.5 Å². The van der Waals surface area contributed by atoms with Crippen LogP contribution in [0.25, 0.3) is 0 Å². The SMILES string of the molecule is C.C.C.C.CC(C)(C)OC(=O)N1CC(N2CCN(Cc3ccc(Cl)cc3)CC2)[C@@H](O)C1.CC(C)(C)OC(=O)N1CC2OC2C1.CC(C)(C)OC(=O)N1CC=CC1.CN1CC(N2CCN(Cc3ccc(Cl)cc3)CC2)[C@@H](O)C1.Clc1ccc(CN2CCNCC2)cc1.O[C@H]1CNCC1N1CCN(Cc2ccc(Cl)cc2)CC1.[B]. The average Bonchev–Trinajstić information content (AvgIpc) is 1.63. The summed E-state index contributed by atoms with van der Waals surface area (Å²) in [5.74, 6) is 0. The fraction of sp³-hybridized carbons (Fsp3) is 0.655. The molecule has 0 aliphatic carbocycles. The number of amides is 3. The number of carbonyl (C=O) groups is 3. The Bertz CT molecular complexity index is 3350. The van der Waals surface area contributed by atoms with Gasteiger partial charge in [0.1, 0.15) is 29.0 Å². The van der Waals surface area contributed by atoms with Crippen molar-refractivity contribution in [3.8, 4) is 0 Å². The van der Waals surface area contributed by atoms with E-state index >= 15 is 0 Å². The van der Waals surface area contributed by atoms with Crippen molar-refractivity contribution in [2.75, 3.05) is 177 Å². The van der Waals surface area contributed by atoms with E-state index in [0.717, 1.165) is 177 Å². The lowest BCUT2D eigenvalue weighted by molar-refractivity contribution is 0.0227. The van der Waals surface area contributed by atoms with Crippen LogP contribution in [-0.2, 0) is 45.1 Å². The Morgan fingerprint density at radius 3 is 1.01 bits per heavy atom. The normalized spacial score (nSPS) is 24.4. The van der Waals surface area contributed by atoms with Crippen molar-refractivity contribution >= 4 is 73.1 Å². The predicted molar refractivity (Wildman–Crippen MR) is 458 cm³/mol. The standard InChI is InChI=1S/C20H30ClN3O3.C16H24ClN3O.C15H22ClN3O.C11H15ClN2.C9H15NO3.C9H15NO2.4CH4.B/c1-20(2,3)27-19(26)24-13-17(18(25)14-24)23-10-8-22(9-11-23)12-15-4-6-16(21)7-5-15;1-18-11-15(16(21)12-18)20-8-6-19(7-9-20)10-13-2-4-14(17)5-3-13;16-13-3-1-12(2-4-13)11-18-5-7-19(8-6-18)14-9-17-10-15(14)20;12-11-3-1-10(2-4-11)9-14-7-5-13-6-8-14;1-9(2,3)13-8(11)10-4-6-7(5-10)12-6;1-9(2,3)12-8(11)10-6-4-5-7-10;;;;;/h4-7,17-18,25H,8-14H2,1-3H3;2-5,15-16,21H,6-12H2,1H3;1-4,14-15,17,20H,5-11H2;1-4,13H,5-9H2;6-7H,4-5H2,1-3H3;4-5H,6-7H2,1-3H3;4*1H4;/t17?,18-;15?,16-;14?,15-;;;;;;;;/m000......../s1. The molecule has 9 saturated heterocycles. The monoisotopic (exact) mass is 1640 g/mol. The first-order valence-corrected chi connectivity index (χ1v) is 39.8. The molecular weight excluding hydrogens is 1500 g/mol. The Kier molecular flexibility index (Phi) is 42.2. The van der Waals surface area contributed by atoms with Gasteiger partial charge in [-0.2, -0.15) is 0 Å². The molecule has 9 fully saturated rings. The van der Waals surface area contributed by atoms with Crippen LogP contribution in [0.4, 0.5) is 14.4 Å². The van der Waals surface area contributed by atoms with Crippen molar-refractivity contribution in [2.45, 2.75) is 184 Å². The number of aliphatic hydroxyl groups is 3. The Labute approximate surface area is 694 Å². The van der Waals surface area contributed by atoms with Crippen LogP contribution in [0.1, 0.15) is 114 Å². The zero-order valence-corrected chi connectivity index (χ0v) is 68.5. The lowest BCUT2D eigenvalue weighted by Crippen LogP contribution is -2.53. The van der Waals surface area contributed by atoms with Crippen LogP contribution >= 0.6 is 46.4 Å². The lowest BCUT2D eigenvalue weighted by atomic mass is 10.1. The third-order valence-electron chi connectivity index (χ3n) is 20.2. The van der Waals surface area contributed by atoms with Crippen LogP contribution in [0.5, 0.6) is 0 Å². The largest absolute Gasteiger partial charge is 0.444 e. The molecule has 14 rings (SSSR count). The first kappa shape index (κ1) is 99.5. The molecule has 10 aliphatic heterocycles. The summed E-state index contributed by atoms with van der Waals surface area (Å²) in [4.78, 5) is 59.3. The highest BCUT2D eigenvalue weighted by Gasteiger charge is 2.50. The number of likely N-dealkylation sites (N-methyl/N-ethyl adjacent to an activating group) is 1. The van der Waals surface area contributed by atoms with E-state index in [9.17, 15) is 29.7 Å². The molecule has 3 radical (unpaired) electrons. The van der Waals surface area contributed by atoms with E-state index < -0.39 is 17.3 Å². The second-order valence-electron chi connectivity index (χ2n) is 32.6. The molecule has 23 nitrogen and oxygen atoms in total. The van der Waals surface area contributed by atoms with Gasteiger partial charge in [-0.3, -0.25) is 34.3 Å². The van der Waals surface area contributed by atoms with Crippen LogP contribution in [0.3, 0.4) is 0 Å². The number of carbonyl (C=O) groups excluding carboxylic acids is 3. The minimum Gasteiger partial charge on any atom is -0.444 e. The first-order valence-electron chi connectivity index (χ1n) is 38.3. The Morgan fingerprint density at radius 2 is 0.696 bits per heavy atom. The summed E-state index contributed by atoms with van der Waals surface area (Å²) in [6.07, 6.45) is 2.77. The van der Waals surface area contributed by atoms with Crippen molar-refractivity contribution in [1.29, 1.82) is 0 Å². The number of halogens is 4. The van der Waals surface area contributed by atoms with Crippen molar-refractivity contribution in [3.05, 3.63) is 152 Å². The molecule has 0 aromatic heterocycles. The number of benzene rings is 4. The predicted octanol–water partition coefficient (Wildman–Crippen LogP) is 11.1. The van der Waals surface area contributed by atoms with Crippen LogP contribution in [-0.4, -0.2) is 339 Å². The van der Waals surface area contributed by atoms with Gasteiger partial charge in [-0.1, -0.05) is 137 Å². The highest BCUT2D eigenvalue weighted by molar-refractivity contribution is 6.31. The number of aliphatic hydroxyl groups excluding tert-OH is 3. The number of rotatable bonds is 11. The molecule has 4 aromatic carbocycles. The van der Waals surface area contributed by atoms with E-state index in [-0.39, 0.29) is 92.5 Å². The van der Waals surface area contributed by atoms with Gasteiger partial charge in [-0.25, -0.2) is 14.4 Å². The maximum atomic E-state index is 12.3. The number of nitrogens with one attached hydrogen (secondary N) is 2. The molecule has 5 N–H and O–H groups in total. The van der Waals surface area contributed by atoms with Crippen molar-refractivity contribution in [2.24, 2.45) is 0 Å². The van der Waals surface area contributed by atoms with Gasteiger partial charge in [-0.15, -0.1) is 0 Å². The third kappa shape index (κ3) is 34.0. The fourth-order valence-corrected chi connectivity index (χ4v) is 14.9. The zero-order chi connectivity index (χ0) is 77.0. The van der Waals surface area contributed by atoms with Crippen molar-refractivity contribution in [1.82, 2.24) is 64.5 Å². The molecule has 112 heavy (non-hydrogen) atoms. The van der Waals surface area contributed by atoms with Gasteiger partial charge in [0, 0.05) is 217 Å². The number of epoxide rings is 1. The summed E-state index contributed by atoms with van der Waals surface area (Å²) in [5, 5.41) is 40.3. The molecule has 4 aromatic rings.